The second kappa shape index (κ2) is 5.63. The van der Waals surface area contributed by atoms with Crippen LogP contribution in [0.25, 0.3) is 11.1 Å². The van der Waals surface area contributed by atoms with Crippen molar-refractivity contribution in [3.63, 3.8) is 0 Å². The normalized spacial score (nSPS) is 11.0. The Morgan fingerprint density at radius 3 is 2.67 bits per heavy atom. The molecule has 0 unspecified atom stereocenters. The number of benzene rings is 1. The van der Waals surface area contributed by atoms with E-state index in [1.165, 1.54) is 10.9 Å². The lowest BCUT2D eigenvalue weighted by Crippen LogP contribution is -2.29. The number of hydrogen-bond acceptors (Lipinski definition) is 4. The molecule has 6 heteroatoms. The molecule has 1 aromatic carbocycles. The molecule has 0 saturated carbocycles. The smallest absolute Gasteiger partial charge is 0.265 e. The third kappa shape index (κ3) is 2.40. The summed E-state index contributed by atoms with van der Waals surface area (Å²) in [5.41, 5.74) is 2.99. The summed E-state index contributed by atoms with van der Waals surface area (Å²) in [4.78, 5) is 31.1. The summed E-state index contributed by atoms with van der Waals surface area (Å²) in [6, 6.07) is 5.91. The number of aromatic nitrogens is 2. The Kier molecular flexibility index (Phi) is 3.75. The van der Waals surface area contributed by atoms with Gasteiger partial charge in [-0.25, -0.2) is 4.98 Å². The SMILES string of the molecule is Cc1ccc(C)c(N(C)C(=O)c2c(C)oc3ncn(C)c(=O)c23)c1. The van der Waals surface area contributed by atoms with Gasteiger partial charge in [0.2, 0.25) is 5.71 Å². The maximum absolute atomic E-state index is 13.1. The largest absolute Gasteiger partial charge is 0.442 e. The number of rotatable bonds is 2. The molecule has 2 aromatic heterocycles. The predicted octanol–water partition coefficient (Wildman–Crippen LogP) is 2.73. The number of aryl methyl sites for hydroxylation is 4. The van der Waals surface area contributed by atoms with Crippen molar-refractivity contribution in [2.75, 3.05) is 11.9 Å². The van der Waals surface area contributed by atoms with E-state index >= 15 is 0 Å². The maximum atomic E-state index is 13.1. The molecule has 0 fully saturated rings. The van der Waals surface area contributed by atoms with E-state index in [2.05, 4.69) is 4.98 Å². The predicted molar refractivity (Wildman–Crippen MR) is 92.6 cm³/mol. The van der Waals surface area contributed by atoms with Gasteiger partial charge in [-0.1, -0.05) is 12.1 Å². The standard InChI is InChI=1S/C18H19N3O3/c1-10-6-7-11(2)13(8-10)21(5)18(23)14-12(3)24-16-15(14)17(22)20(4)9-19-16/h6-9H,1-5H3. The fourth-order valence-corrected chi connectivity index (χ4v) is 2.80. The van der Waals surface area contributed by atoms with E-state index in [1.54, 1.807) is 25.9 Å². The first kappa shape index (κ1) is 16.0. The lowest BCUT2D eigenvalue weighted by Gasteiger charge is -2.20. The van der Waals surface area contributed by atoms with Gasteiger partial charge in [-0.3, -0.25) is 9.59 Å². The molecule has 2 heterocycles. The number of nitrogens with zero attached hydrogens (tertiary/aromatic N) is 3. The van der Waals surface area contributed by atoms with Gasteiger partial charge in [-0.15, -0.1) is 0 Å². The average molecular weight is 325 g/mol. The summed E-state index contributed by atoms with van der Waals surface area (Å²) >= 11 is 0. The Morgan fingerprint density at radius 1 is 1.25 bits per heavy atom. The molecule has 6 nitrogen and oxygen atoms in total. The summed E-state index contributed by atoms with van der Waals surface area (Å²) in [6.45, 7) is 5.59. The van der Waals surface area contributed by atoms with E-state index in [0.29, 0.717) is 5.76 Å². The molecule has 3 rings (SSSR count). The number of carbonyl (C=O) groups excluding carboxylic acids is 1. The molecule has 0 saturated heterocycles. The average Bonchev–Trinajstić information content (AvgIpc) is 2.89. The molecule has 0 spiro atoms. The summed E-state index contributed by atoms with van der Waals surface area (Å²) in [5, 5.41) is 0.222. The highest BCUT2D eigenvalue weighted by Gasteiger charge is 2.26. The van der Waals surface area contributed by atoms with Crippen molar-refractivity contribution >= 4 is 22.7 Å². The van der Waals surface area contributed by atoms with Crippen LogP contribution in [-0.4, -0.2) is 22.5 Å². The van der Waals surface area contributed by atoms with Gasteiger partial charge in [0.05, 0.1) is 5.56 Å². The van der Waals surface area contributed by atoms with Crippen LogP contribution in [0.4, 0.5) is 5.69 Å². The topological polar surface area (TPSA) is 68.3 Å². The van der Waals surface area contributed by atoms with Crippen molar-refractivity contribution in [2.45, 2.75) is 20.8 Å². The number of furan rings is 1. The van der Waals surface area contributed by atoms with E-state index in [9.17, 15) is 9.59 Å². The third-order valence-electron chi connectivity index (χ3n) is 4.19. The van der Waals surface area contributed by atoms with E-state index in [1.807, 2.05) is 32.0 Å². The Hall–Kier alpha value is -2.89. The Labute approximate surface area is 139 Å². The van der Waals surface area contributed by atoms with Crippen molar-refractivity contribution < 1.29 is 9.21 Å². The van der Waals surface area contributed by atoms with Crippen molar-refractivity contribution in [1.82, 2.24) is 9.55 Å². The van der Waals surface area contributed by atoms with Crippen LogP contribution >= 0.6 is 0 Å². The zero-order chi connectivity index (χ0) is 17.6. The summed E-state index contributed by atoms with van der Waals surface area (Å²) in [7, 11) is 3.29. The van der Waals surface area contributed by atoms with Gasteiger partial charge in [-0.05, 0) is 38.0 Å². The Balaban J connectivity index is 2.19. The lowest BCUT2D eigenvalue weighted by atomic mass is 10.1. The van der Waals surface area contributed by atoms with Crippen LogP contribution in [0.2, 0.25) is 0 Å². The zero-order valence-electron chi connectivity index (χ0n) is 14.4. The van der Waals surface area contributed by atoms with Crippen molar-refractivity contribution in [2.24, 2.45) is 7.05 Å². The van der Waals surface area contributed by atoms with Crippen LogP contribution in [0.1, 0.15) is 27.2 Å². The van der Waals surface area contributed by atoms with Gasteiger partial charge < -0.3 is 13.9 Å². The van der Waals surface area contributed by atoms with Crippen LogP contribution < -0.4 is 10.5 Å². The van der Waals surface area contributed by atoms with Gasteiger partial charge in [0.15, 0.2) is 0 Å². The number of carbonyl (C=O) groups is 1. The van der Waals surface area contributed by atoms with Crippen LogP contribution in [-0.2, 0) is 7.05 Å². The van der Waals surface area contributed by atoms with Gasteiger partial charge in [-0.2, -0.15) is 0 Å². The molecular formula is C18H19N3O3. The van der Waals surface area contributed by atoms with E-state index in [4.69, 9.17) is 4.42 Å². The molecule has 0 radical (unpaired) electrons. The Morgan fingerprint density at radius 2 is 1.96 bits per heavy atom. The fraction of sp³-hybridized carbons (Fsp3) is 0.278. The van der Waals surface area contributed by atoms with Gasteiger partial charge in [0.25, 0.3) is 11.5 Å². The second-order valence-corrected chi connectivity index (χ2v) is 6.03. The van der Waals surface area contributed by atoms with Gasteiger partial charge in [0.1, 0.15) is 17.5 Å². The first-order valence-electron chi connectivity index (χ1n) is 7.61. The van der Waals surface area contributed by atoms with E-state index < -0.39 is 0 Å². The van der Waals surface area contributed by atoms with E-state index in [0.717, 1.165) is 16.8 Å². The zero-order valence-corrected chi connectivity index (χ0v) is 14.4. The van der Waals surface area contributed by atoms with Crippen molar-refractivity contribution in [3.8, 4) is 0 Å². The molecule has 3 aromatic rings. The van der Waals surface area contributed by atoms with Crippen LogP contribution in [0.3, 0.4) is 0 Å². The van der Waals surface area contributed by atoms with Crippen LogP contribution in [0.5, 0.6) is 0 Å². The number of anilines is 1. The maximum Gasteiger partial charge on any atom is 0.265 e. The summed E-state index contributed by atoms with van der Waals surface area (Å²) in [5.74, 6) is 0.105. The Bertz CT molecular complexity index is 1010. The fourth-order valence-electron chi connectivity index (χ4n) is 2.80. The first-order valence-corrected chi connectivity index (χ1v) is 7.61. The molecule has 0 aliphatic carbocycles. The summed E-state index contributed by atoms with van der Waals surface area (Å²) < 4.78 is 6.86. The number of amides is 1. The highest BCUT2D eigenvalue weighted by molar-refractivity contribution is 6.13. The molecule has 0 N–H and O–H groups in total. The minimum atomic E-state index is -0.297. The van der Waals surface area contributed by atoms with Crippen LogP contribution in [0.15, 0.2) is 33.7 Å². The van der Waals surface area contributed by atoms with Gasteiger partial charge in [0, 0.05) is 19.8 Å². The molecule has 0 bridgehead atoms. The summed E-state index contributed by atoms with van der Waals surface area (Å²) in [6.07, 6.45) is 1.39. The molecule has 0 atom stereocenters. The van der Waals surface area contributed by atoms with Gasteiger partial charge >= 0.3 is 0 Å². The highest BCUT2D eigenvalue weighted by atomic mass is 16.3. The minimum absolute atomic E-state index is 0.188. The lowest BCUT2D eigenvalue weighted by molar-refractivity contribution is 0.0992. The molecule has 24 heavy (non-hydrogen) atoms. The highest BCUT2D eigenvalue weighted by Crippen LogP contribution is 2.26. The molecular weight excluding hydrogens is 306 g/mol. The second-order valence-electron chi connectivity index (χ2n) is 6.03. The number of fused-ring (bicyclic) bond motifs is 1. The minimum Gasteiger partial charge on any atom is -0.442 e. The van der Waals surface area contributed by atoms with Crippen LogP contribution in [0, 0.1) is 20.8 Å². The third-order valence-corrected chi connectivity index (χ3v) is 4.19. The van der Waals surface area contributed by atoms with Crippen molar-refractivity contribution in [1.29, 1.82) is 0 Å². The first-order chi connectivity index (χ1) is 11.3. The van der Waals surface area contributed by atoms with Crippen molar-refractivity contribution in [3.05, 3.63) is 57.3 Å². The molecule has 124 valence electrons. The molecule has 0 aliphatic rings. The van der Waals surface area contributed by atoms with E-state index in [-0.39, 0.29) is 28.1 Å². The quantitative estimate of drug-likeness (QED) is 0.726. The monoisotopic (exact) mass is 325 g/mol. The number of hydrogen-bond donors (Lipinski definition) is 0. The molecule has 0 aliphatic heterocycles. The molecule has 1 amide bonds.